The maximum Gasteiger partial charge on any atom is 0.228 e. The van der Waals surface area contributed by atoms with Crippen LogP contribution in [0.4, 0.5) is 0 Å². The van der Waals surface area contributed by atoms with Crippen LogP contribution in [0.2, 0.25) is 0 Å². The smallest absolute Gasteiger partial charge is 0.228 e. The molecule has 0 radical (unpaired) electrons. The third kappa shape index (κ3) is 4.58. The molecule has 108 valence electrons. The first-order chi connectivity index (χ1) is 9.31. The van der Waals surface area contributed by atoms with Crippen LogP contribution in [0.1, 0.15) is 51.2 Å². The van der Waals surface area contributed by atoms with E-state index in [1.54, 1.807) is 0 Å². The Bertz CT molecular complexity index is 340. The molecular weight excluding hydrogens is 242 g/mol. The van der Waals surface area contributed by atoms with Gasteiger partial charge in [-0.1, -0.05) is 19.0 Å². The second-order valence-electron chi connectivity index (χ2n) is 5.16. The molecular formula is C14H25N3O2. The van der Waals surface area contributed by atoms with Crippen LogP contribution in [0.25, 0.3) is 0 Å². The Balaban J connectivity index is 1.83. The van der Waals surface area contributed by atoms with Crippen molar-refractivity contribution in [2.24, 2.45) is 0 Å². The number of nitrogens with one attached hydrogen (secondary N) is 1. The fourth-order valence-corrected chi connectivity index (χ4v) is 2.49. The highest BCUT2D eigenvalue weighted by Crippen LogP contribution is 2.16. The number of likely N-dealkylation sites (N-methyl/N-ethyl adjacent to an activating group) is 1. The zero-order chi connectivity index (χ0) is 13.5. The molecule has 2 unspecified atom stereocenters. The van der Waals surface area contributed by atoms with Crippen molar-refractivity contribution in [3.63, 3.8) is 0 Å². The van der Waals surface area contributed by atoms with Crippen molar-refractivity contribution >= 4 is 0 Å². The van der Waals surface area contributed by atoms with E-state index in [1.807, 2.05) is 0 Å². The molecule has 0 bridgehead atoms. The molecule has 5 nitrogen and oxygen atoms in total. The van der Waals surface area contributed by atoms with Gasteiger partial charge < -0.3 is 14.6 Å². The van der Waals surface area contributed by atoms with Crippen molar-refractivity contribution < 1.29 is 9.26 Å². The Morgan fingerprint density at radius 3 is 2.95 bits per heavy atom. The standard InChI is InChI=1S/C14H25N3O2/c1-3-11(15-4-2)9-14-16-13(17-19-14)10-12-7-5-6-8-18-12/h11-12,15H,3-10H2,1-2H3. The van der Waals surface area contributed by atoms with E-state index < -0.39 is 0 Å². The van der Waals surface area contributed by atoms with E-state index in [4.69, 9.17) is 9.26 Å². The Labute approximate surface area is 115 Å². The maximum atomic E-state index is 5.70. The van der Waals surface area contributed by atoms with E-state index in [2.05, 4.69) is 29.3 Å². The van der Waals surface area contributed by atoms with Gasteiger partial charge in [-0.15, -0.1) is 0 Å². The van der Waals surface area contributed by atoms with Gasteiger partial charge in [-0.2, -0.15) is 4.98 Å². The van der Waals surface area contributed by atoms with Crippen molar-refractivity contribution in [3.8, 4) is 0 Å². The van der Waals surface area contributed by atoms with Crippen molar-refractivity contribution in [1.29, 1.82) is 0 Å². The summed E-state index contributed by atoms with van der Waals surface area (Å²) >= 11 is 0. The maximum absolute atomic E-state index is 5.70. The summed E-state index contributed by atoms with van der Waals surface area (Å²) in [6.07, 6.45) is 6.46. The molecule has 1 fully saturated rings. The average Bonchev–Trinajstić information content (AvgIpc) is 2.86. The summed E-state index contributed by atoms with van der Waals surface area (Å²) in [5.74, 6) is 1.52. The highest BCUT2D eigenvalue weighted by molar-refractivity contribution is 4.91. The van der Waals surface area contributed by atoms with Gasteiger partial charge in [0.25, 0.3) is 0 Å². The topological polar surface area (TPSA) is 60.2 Å². The summed E-state index contributed by atoms with van der Waals surface area (Å²) in [6, 6.07) is 0.421. The summed E-state index contributed by atoms with van der Waals surface area (Å²) in [6.45, 7) is 6.12. The number of nitrogens with zero attached hydrogens (tertiary/aromatic N) is 2. The zero-order valence-electron chi connectivity index (χ0n) is 12.0. The normalized spacial score (nSPS) is 21.5. The summed E-state index contributed by atoms with van der Waals surface area (Å²) in [7, 11) is 0. The molecule has 1 aromatic heterocycles. The second-order valence-corrected chi connectivity index (χ2v) is 5.16. The van der Waals surface area contributed by atoms with Gasteiger partial charge in [0.2, 0.25) is 5.89 Å². The van der Waals surface area contributed by atoms with Crippen LogP contribution >= 0.6 is 0 Å². The fourth-order valence-electron chi connectivity index (χ4n) is 2.49. The lowest BCUT2D eigenvalue weighted by Gasteiger charge is -2.20. The molecule has 0 saturated carbocycles. The Hall–Kier alpha value is -0.940. The third-order valence-corrected chi connectivity index (χ3v) is 3.60. The van der Waals surface area contributed by atoms with Gasteiger partial charge in [0.15, 0.2) is 5.82 Å². The lowest BCUT2D eigenvalue weighted by molar-refractivity contribution is 0.0153. The summed E-state index contributed by atoms with van der Waals surface area (Å²) in [4.78, 5) is 4.48. The van der Waals surface area contributed by atoms with Crippen LogP contribution in [-0.2, 0) is 17.6 Å². The summed E-state index contributed by atoms with van der Waals surface area (Å²) < 4.78 is 11.0. The van der Waals surface area contributed by atoms with Crippen molar-refractivity contribution in [2.75, 3.05) is 13.2 Å². The molecule has 1 saturated heterocycles. The van der Waals surface area contributed by atoms with Crippen LogP contribution in [0.3, 0.4) is 0 Å². The van der Waals surface area contributed by atoms with Crippen LogP contribution in [0, 0.1) is 0 Å². The molecule has 0 aromatic carbocycles. The van der Waals surface area contributed by atoms with Crippen LogP contribution in [0.5, 0.6) is 0 Å². The number of hydrogen-bond donors (Lipinski definition) is 1. The first-order valence-corrected chi connectivity index (χ1v) is 7.48. The minimum absolute atomic E-state index is 0.273. The molecule has 1 aliphatic rings. The predicted octanol–water partition coefficient (Wildman–Crippen LogP) is 2.11. The Morgan fingerprint density at radius 1 is 1.37 bits per heavy atom. The van der Waals surface area contributed by atoms with Gasteiger partial charge in [-0.05, 0) is 32.2 Å². The highest BCUT2D eigenvalue weighted by atomic mass is 16.5. The highest BCUT2D eigenvalue weighted by Gasteiger charge is 2.18. The van der Waals surface area contributed by atoms with Gasteiger partial charge in [0, 0.05) is 25.5 Å². The van der Waals surface area contributed by atoms with E-state index in [-0.39, 0.29) is 6.10 Å². The molecule has 0 amide bonds. The van der Waals surface area contributed by atoms with E-state index in [0.29, 0.717) is 6.04 Å². The fraction of sp³-hybridized carbons (Fsp3) is 0.857. The van der Waals surface area contributed by atoms with E-state index >= 15 is 0 Å². The monoisotopic (exact) mass is 267 g/mol. The number of ether oxygens (including phenoxy) is 1. The van der Waals surface area contributed by atoms with Crippen molar-refractivity contribution in [1.82, 2.24) is 15.5 Å². The first kappa shape index (κ1) is 14.5. The quantitative estimate of drug-likeness (QED) is 0.820. The Kier molecular flexibility index (Phi) is 5.79. The third-order valence-electron chi connectivity index (χ3n) is 3.60. The van der Waals surface area contributed by atoms with Gasteiger partial charge in [0.1, 0.15) is 0 Å². The van der Waals surface area contributed by atoms with E-state index in [9.17, 15) is 0 Å². The average molecular weight is 267 g/mol. The Morgan fingerprint density at radius 2 is 2.26 bits per heavy atom. The molecule has 2 atom stereocenters. The lowest BCUT2D eigenvalue weighted by atomic mass is 10.1. The summed E-state index contributed by atoms with van der Waals surface area (Å²) in [5, 5.41) is 7.48. The minimum Gasteiger partial charge on any atom is -0.378 e. The molecule has 1 aliphatic heterocycles. The zero-order valence-corrected chi connectivity index (χ0v) is 12.0. The van der Waals surface area contributed by atoms with Gasteiger partial charge in [-0.3, -0.25) is 0 Å². The van der Waals surface area contributed by atoms with Crippen LogP contribution in [0.15, 0.2) is 4.52 Å². The summed E-state index contributed by atoms with van der Waals surface area (Å²) in [5.41, 5.74) is 0. The lowest BCUT2D eigenvalue weighted by Crippen LogP contribution is -2.30. The van der Waals surface area contributed by atoms with E-state index in [0.717, 1.165) is 50.6 Å². The molecule has 5 heteroatoms. The predicted molar refractivity (Wildman–Crippen MR) is 73.1 cm³/mol. The van der Waals surface area contributed by atoms with Crippen molar-refractivity contribution in [3.05, 3.63) is 11.7 Å². The van der Waals surface area contributed by atoms with E-state index in [1.165, 1.54) is 12.8 Å². The van der Waals surface area contributed by atoms with Gasteiger partial charge >= 0.3 is 0 Å². The molecule has 19 heavy (non-hydrogen) atoms. The molecule has 2 rings (SSSR count). The molecule has 0 aliphatic carbocycles. The number of rotatable bonds is 7. The minimum atomic E-state index is 0.273. The number of aromatic nitrogens is 2. The molecule has 1 N–H and O–H groups in total. The van der Waals surface area contributed by atoms with Gasteiger partial charge in [-0.25, -0.2) is 0 Å². The molecule has 2 heterocycles. The van der Waals surface area contributed by atoms with Gasteiger partial charge in [0.05, 0.1) is 6.10 Å². The van der Waals surface area contributed by atoms with Crippen LogP contribution < -0.4 is 5.32 Å². The largest absolute Gasteiger partial charge is 0.378 e. The van der Waals surface area contributed by atoms with Crippen LogP contribution in [-0.4, -0.2) is 35.4 Å². The first-order valence-electron chi connectivity index (χ1n) is 7.48. The van der Waals surface area contributed by atoms with Crippen molar-refractivity contribution in [2.45, 2.75) is 64.5 Å². The SMILES string of the molecule is CCNC(CC)Cc1nc(CC2CCCCO2)no1. The number of hydrogen-bond acceptors (Lipinski definition) is 5. The second kappa shape index (κ2) is 7.60. The molecule has 1 aromatic rings. The molecule has 0 spiro atoms.